The fourth-order valence-electron chi connectivity index (χ4n) is 1.54. The number of ether oxygens (including phenoxy) is 1. The molecule has 18 heavy (non-hydrogen) atoms. The zero-order valence-corrected chi connectivity index (χ0v) is 11.7. The molecule has 0 radical (unpaired) electrons. The summed E-state index contributed by atoms with van der Waals surface area (Å²) in [5.41, 5.74) is 1.52. The average Bonchev–Trinajstić information content (AvgIpc) is 2.75. The quantitative estimate of drug-likeness (QED) is 0.575. The Morgan fingerprint density at radius 3 is 2.94 bits per heavy atom. The van der Waals surface area contributed by atoms with Crippen LogP contribution in [-0.4, -0.2) is 41.3 Å². The minimum absolute atomic E-state index is 0.0953. The molecule has 0 saturated heterocycles. The van der Waals surface area contributed by atoms with E-state index in [-0.39, 0.29) is 5.91 Å². The minimum atomic E-state index is -0.0953. The fraction of sp³-hybridized carbons (Fsp3) is 0.667. The van der Waals surface area contributed by atoms with Crippen LogP contribution in [0.1, 0.15) is 29.5 Å². The molecule has 1 N–H and O–H groups in total. The smallest absolute Gasteiger partial charge is 0.269 e. The van der Waals surface area contributed by atoms with Crippen molar-refractivity contribution in [1.29, 1.82) is 0 Å². The molecule has 1 aromatic rings. The van der Waals surface area contributed by atoms with Crippen molar-refractivity contribution in [3.05, 3.63) is 17.5 Å². The summed E-state index contributed by atoms with van der Waals surface area (Å²) in [4.78, 5) is 11.8. The molecule has 5 nitrogen and oxygen atoms in total. The lowest BCUT2D eigenvalue weighted by Crippen LogP contribution is -2.27. The van der Waals surface area contributed by atoms with Crippen LogP contribution in [0, 0.1) is 0 Å². The van der Waals surface area contributed by atoms with Crippen LogP contribution in [0.4, 0.5) is 0 Å². The first-order chi connectivity index (χ1) is 8.69. The van der Waals surface area contributed by atoms with Gasteiger partial charge in [-0.1, -0.05) is 6.92 Å². The van der Waals surface area contributed by atoms with Gasteiger partial charge in [0, 0.05) is 26.1 Å². The number of nitrogens with zero attached hydrogens (tertiary/aromatic N) is 2. The zero-order chi connectivity index (χ0) is 13.4. The third-order valence-electron chi connectivity index (χ3n) is 2.50. The highest BCUT2D eigenvalue weighted by atomic mass is 35.5. The van der Waals surface area contributed by atoms with Gasteiger partial charge in [-0.25, -0.2) is 0 Å². The second kappa shape index (κ2) is 8.11. The summed E-state index contributed by atoms with van der Waals surface area (Å²) >= 11 is 5.47. The maximum Gasteiger partial charge on any atom is 0.269 e. The summed E-state index contributed by atoms with van der Waals surface area (Å²) in [6.45, 7) is 3.77. The molecular weight excluding hydrogens is 254 g/mol. The molecule has 0 atom stereocenters. The Bertz CT molecular complexity index is 379. The van der Waals surface area contributed by atoms with Gasteiger partial charge in [0.15, 0.2) is 0 Å². The second-order valence-corrected chi connectivity index (χ2v) is 4.29. The highest BCUT2D eigenvalue weighted by Gasteiger charge is 2.11. The van der Waals surface area contributed by atoms with Crippen LogP contribution < -0.4 is 5.32 Å². The molecule has 102 valence electrons. The summed E-state index contributed by atoms with van der Waals surface area (Å²) in [5, 5.41) is 7.08. The lowest BCUT2D eigenvalue weighted by atomic mass is 10.3. The summed E-state index contributed by atoms with van der Waals surface area (Å²) < 4.78 is 6.82. The number of carbonyl (C=O) groups excluding carboxylic acids is 1. The van der Waals surface area contributed by atoms with Crippen LogP contribution in [0.15, 0.2) is 6.07 Å². The number of amides is 1. The molecule has 1 heterocycles. The lowest BCUT2D eigenvalue weighted by molar-refractivity contribution is 0.0935. The number of alkyl halides is 1. The third kappa shape index (κ3) is 4.66. The van der Waals surface area contributed by atoms with E-state index in [4.69, 9.17) is 16.3 Å². The largest absolute Gasteiger partial charge is 0.380 e. The van der Waals surface area contributed by atoms with Gasteiger partial charge in [-0.15, -0.1) is 11.6 Å². The van der Waals surface area contributed by atoms with Gasteiger partial charge in [-0.2, -0.15) is 5.10 Å². The maximum absolute atomic E-state index is 11.8. The van der Waals surface area contributed by atoms with Crippen LogP contribution in [0.3, 0.4) is 0 Å². The molecule has 1 amide bonds. The Hall–Kier alpha value is -1.07. The van der Waals surface area contributed by atoms with E-state index >= 15 is 0 Å². The monoisotopic (exact) mass is 273 g/mol. The first-order valence-corrected chi connectivity index (χ1v) is 6.67. The highest BCUT2D eigenvalue weighted by Crippen LogP contribution is 2.03. The Balaban J connectivity index is 2.29. The van der Waals surface area contributed by atoms with Crippen LogP contribution in [-0.2, 0) is 18.2 Å². The molecule has 0 spiro atoms. The van der Waals surface area contributed by atoms with Gasteiger partial charge < -0.3 is 10.1 Å². The van der Waals surface area contributed by atoms with Gasteiger partial charge in [-0.05, 0) is 18.9 Å². The van der Waals surface area contributed by atoms with Crippen molar-refractivity contribution >= 4 is 17.5 Å². The number of aromatic nitrogens is 2. The standard InChI is InChI=1S/C12H20ClN3O2/c1-3-10-9-11(16(2)15-10)12(17)14-6-4-7-18-8-5-13/h9H,3-8H2,1-2H3,(H,14,17). The minimum Gasteiger partial charge on any atom is -0.380 e. The van der Waals surface area contributed by atoms with Gasteiger partial charge in [0.2, 0.25) is 0 Å². The van der Waals surface area contributed by atoms with E-state index < -0.39 is 0 Å². The molecule has 0 fully saturated rings. The first-order valence-electron chi connectivity index (χ1n) is 6.13. The van der Waals surface area contributed by atoms with Crippen molar-refractivity contribution < 1.29 is 9.53 Å². The number of carbonyl (C=O) groups is 1. The van der Waals surface area contributed by atoms with Gasteiger partial charge >= 0.3 is 0 Å². The van der Waals surface area contributed by atoms with Crippen LogP contribution in [0.2, 0.25) is 0 Å². The molecule has 0 aromatic carbocycles. The van der Waals surface area contributed by atoms with E-state index in [2.05, 4.69) is 10.4 Å². The van der Waals surface area contributed by atoms with Gasteiger partial charge in [-0.3, -0.25) is 9.48 Å². The van der Waals surface area contributed by atoms with Gasteiger partial charge in [0.1, 0.15) is 5.69 Å². The van der Waals surface area contributed by atoms with Crippen molar-refractivity contribution in [2.24, 2.45) is 7.05 Å². The van der Waals surface area contributed by atoms with Crippen molar-refractivity contribution in [2.45, 2.75) is 19.8 Å². The van der Waals surface area contributed by atoms with E-state index in [1.54, 1.807) is 11.7 Å². The van der Waals surface area contributed by atoms with E-state index in [0.29, 0.717) is 31.3 Å². The second-order valence-electron chi connectivity index (χ2n) is 3.91. The van der Waals surface area contributed by atoms with Crippen molar-refractivity contribution in [3.8, 4) is 0 Å². The molecule has 0 aliphatic heterocycles. The Labute approximate surface area is 112 Å². The maximum atomic E-state index is 11.8. The van der Waals surface area contributed by atoms with Crippen LogP contribution >= 0.6 is 11.6 Å². The van der Waals surface area contributed by atoms with E-state index in [0.717, 1.165) is 18.5 Å². The topological polar surface area (TPSA) is 56.1 Å². The summed E-state index contributed by atoms with van der Waals surface area (Å²) in [7, 11) is 1.78. The van der Waals surface area contributed by atoms with E-state index in [1.165, 1.54) is 0 Å². The highest BCUT2D eigenvalue weighted by molar-refractivity contribution is 6.17. The van der Waals surface area contributed by atoms with E-state index in [9.17, 15) is 4.79 Å². The predicted molar refractivity (Wildman–Crippen MR) is 71.1 cm³/mol. The van der Waals surface area contributed by atoms with Gasteiger partial charge in [0.05, 0.1) is 12.3 Å². The third-order valence-corrected chi connectivity index (χ3v) is 2.65. The number of hydrogen-bond acceptors (Lipinski definition) is 3. The van der Waals surface area contributed by atoms with Gasteiger partial charge in [0.25, 0.3) is 5.91 Å². The average molecular weight is 274 g/mol. The Morgan fingerprint density at radius 1 is 1.56 bits per heavy atom. The normalized spacial score (nSPS) is 10.6. The number of nitrogens with one attached hydrogen (secondary N) is 1. The Kier molecular flexibility index (Phi) is 6.75. The SMILES string of the molecule is CCc1cc(C(=O)NCCCOCCCl)n(C)n1. The summed E-state index contributed by atoms with van der Waals surface area (Å²) in [5.74, 6) is 0.406. The molecule has 0 saturated carbocycles. The molecule has 0 aliphatic rings. The van der Waals surface area contributed by atoms with E-state index in [1.807, 2.05) is 13.0 Å². The molecule has 0 bridgehead atoms. The molecule has 0 unspecified atom stereocenters. The van der Waals surface area contributed by atoms with Crippen molar-refractivity contribution in [2.75, 3.05) is 25.6 Å². The predicted octanol–water partition coefficient (Wildman–Crippen LogP) is 1.36. The van der Waals surface area contributed by atoms with Crippen LogP contribution in [0.25, 0.3) is 0 Å². The number of halogens is 1. The van der Waals surface area contributed by atoms with Crippen LogP contribution in [0.5, 0.6) is 0 Å². The number of aryl methyl sites for hydroxylation is 2. The number of hydrogen-bond donors (Lipinski definition) is 1. The first kappa shape index (κ1) is 15.0. The zero-order valence-electron chi connectivity index (χ0n) is 10.9. The lowest BCUT2D eigenvalue weighted by Gasteiger charge is -2.05. The number of rotatable bonds is 8. The summed E-state index contributed by atoms with van der Waals surface area (Å²) in [6, 6.07) is 1.82. The van der Waals surface area contributed by atoms with Crippen molar-refractivity contribution in [3.63, 3.8) is 0 Å². The molecule has 1 aromatic heterocycles. The molecular formula is C12H20ClN3O2. The molecule has 6 heteroatoms. The summed E-state index contributed by atoms with van der Waals surface area (Å²) in [6.07, 6.45) is 1.61. The van der Waals surface area contributed by atoms with Crippen molar-refractivity contribution in [1.82, 2.24) is 15.1 Å². The molecule has 0 aliphatic carbocycles. The molecule has 1 rings (SSSR count). The fourth-order valence-corrected chi connectivity index (χ4v) is 1.64. The Morgan fingerprint density at radius 2 is 2.33 bits per heavy atom.